The topological polar surface area (TPSA) is 12.4 Å². The van der Waals surface area contributed by atoms with Gasteiger partial charge in [-0.15, -0.1) is 0 Å². The summed E-state index contributed by atoms with van der Waals surface area (Å²) in [7, 11) is 0. The Morgan fingerprint density at radius 1 is 1.44 bits per heavy atom. The van der Waals surface area contributed by atoms with Crippen LogP contribution < -0.4 is 0 Å². The molecule has 0 rings (SSSR count). The normalized spacial score (nSPS) is 11.9. The highest BCUT2D eigenvalue weighted by atomic mass is 14.6. The summed E-state index contributed by atoms with van der Waals surface area (Å²) in [4.78, 5) is 3.77. The fourth-order valence-corrected chi connectivity index (χ4v) is 0.290. The largest absolute Gasteiger partial charge is 0.265 e. The lowest BCUT2D eigenvalue weighted by Gasteiger charge is -1.81. The zero-order chi connectivity index (χ0) is 7.11. The molecule has 0 heterocycles. The van der Waals surface area contributed by atoms with Crippen LogP contribution in [0, 0.1) is 0 Å². The summed E-state index contributed by atoms with van der Waals surface area (Å²) in [5.41, 5.74) is 1.10. The van der Waals surface area contributed by atoms with Crippen molar-refractivity contribution in [2.24, 2.45) is 4.99 Å². The zero-order valence-electron chi connectivity index (χ0n) is 5.67. The van der Waals surface area contributed by atoms with Crippen LogP contribution in [0.15, 0.2) is 42.1 Å². The number of aliphatic imine (C=N–C) groups is 1. The lowest BCUT2D eigenvalue weighted by atomic mass is 10.3. The van der Waals surface area contributed by atoms with Gasteiger partial charge in [-0.25, -0.2) is 0 Å². The maximum Gasteiger partial charge on any atom is 0.0270 e. The van der Waals surface area contributed by atoms with E-state index in [1.165, 1.54) is 6.20 Å². The monoisotopic (exact) mass is 121 g/mol. The number of hydrogen-bond acceptors (Lipinski definition) is 1. The summed E-state index contributed by atoms with van der Waals surface area (Å²) in [6.07, 6.45) is 6.82. The Hall–Kier alpha value is -1.11. The van der Waals surface area contributed by atoms with Gasteiger partial charge < -0.3 is 0 Å². The van der Waals surface area contributed by atoms with Crippen molar-refractivity contribution in [3.63, 3.8) is 0 Å². The highest BCUT2D eigenvalue weighted by molar-refractivity contribution is 5.73. The van der Waals surface area contributed by atoms with Gasteiger partial charge in [-0.1, -0.05) is 24.8 Å². The van der Waals surface area contributed by atoms with Crippen molar-refractivity contribution in [3.8, 4) is 0 Å². The molecule has 0 aliphatic heterocycles. The highest BCUT2D eigenvalue weighted by Crippen LogP contribution is 1.88. The molecule has 0 saturated heterocycles. The molecular weight excluding hydrogens is 110 g/mol. The van der Waals surface area contributed by atoms with E-state index in [1.54, 1.807) is 12.3 Å². The highest BCUT2D eigenvalue weighted by Gasteiger charge is 1.71. The van der Waals surface area contributed by atoms with Gasteiger partial charge in [0, 0.05) is 12.4 Å². The number of hydrogen-bond donors (Lipinski definition) is 0. The van der Waals surface area contributed by atoms with Crippen molar-refractivity contribution < 1.29 is 0 Å². The molecule has 1 heteroatoms. The van der Waals surface area contributed by atoms with Gasteiger partial charge in [0.25, 0.3) is 0 Å². The van der Waals surface area contributed by atoms with Gasteiger partial charge in [-0.2, -0.15) is 0 Å². The van der Waals surface area contributed by atoms with Gasteiger partial charge in [0.15, 0.2) is 0 Å². The van der Waals surface area contributed by atoms with Crippen molar-refractivity contribution in [2.75, 3.05) is 0 Å². The number of nitrogens with zero attached hydrogens (tertiary/aromatic N) is 1. The predicted octanol–water partition coefficient (Wildman–Crippen LogP) is 2.33. The molecule has 0 spiro atoms. The maximum absolute atomic E-state index is 3.77. The number of allylic oxidation sites excluding steroid dienone is 3. The molecule has 0 radical (unpaired) electrons. The molecule has 1 nitrogen and oxygen atoms in total. The zero-order valence-corrected chi connectivity index (χ0v) is 5.67. The summed E-state index contributed by atoms with van der Waals surface area (Å²) in [5, 5.41) is 0. The lowest BCUT2D eigenvalue weighted by Crippen LogP contribution is -1.67. The molecule has 9 heavy (non-hydrogen) atoms. The van der Waals surface area contributed by atoms with E-state index in [-0.39, 0.29) is 0 Å². The van der Waals surface area contributed by atoms with Gasteiger partial charge in [-0.3, -0.25) is 4.99 Å². The fraction of sp³-hybridized carbons (Fsp3) is 0.125. The summed E-state index contributed by atoms with van der Waals surface area (Å²) in [6.45, 7) is 8.97. The summed E-state index contributed by atoms with van der Waals surface area (Å²) in [5.74, 6) is 0. The van der Waals surface area contributed by atoms with E-state index < -0.39 is 0 Å². The predicted molar refractivity (Wildman–Crippen MR) is 42.6 cm³/mol. The molecule has 0 aliphatic carbocycles. The smallest absolute Gasteiger partial charge is 0.0270 e. The molecule has 0 aromatic heterocycles. The first-order chi connectivity index (χ1) is 4.31. The van der Waals surface area contributed by atoms with Gasteiger partial charge in [0.1, 0.15) is 0 Å². The Bertz CT molecular complexity index is 152. The van der Waals surface area contributed by atoms with E-state index >= 15 is 0 Å². The standard InChI is InChI=1S/C8H11N/c1-4-8(3)6-7-9-5-2/h4-7H,1-2H2,3H3/b8-6+,9-7?. The Morgan fingerprint density at radius 2 is 2.11 bits per heavy atom. The van der Waals surface area contributed by atoms with E-state index in [2.05, 4.69) is 18.2 Å². The third kappa shape index (κ3) is 4.75. The third-order valence-corrected chi connectivity index (χ3v) is 0.851. The second-order valence-electron chi connectivity index (χ2n) is 1.60. The van der Waals surface area contributed by atoms with Gasteiger partial charge in [0.05, 0.1) is 0 Å². The summed E-state index contributed by atoms with van der Waals surface area (Å²) in [6, 6.07) is 0. The maximum atomic E-state index is 3.77. The van der Waals surface area contributed by atoms with Crippen LogP contribution in [0.25, 0.3) is 0 Å². The van der Waals surface area contributed by atoms with Crippen molar-refractivity contribution >= 4 is 6.21 Å². The second kappa shape index (κ2) is 5.04. The SMILES string of the molecule is C=CN=C/C=C(\C)C=C. The fourth-order valence-electron chi connectivity index (χ4n) is 0.290. The van der Waals surface area contributed by atoms with E-state index in [1.807, 2.05) is 13.0 Å². The van der Waals surface area contributed by atoms with Crippen LogP contribution >= 0.6 is 0 Å². The Labute approximate surface area is 56.1 Å². The van der Waals surface area contributed by atoms with E-state index in [9.17, 15) is 0 Å². The molecular formula is C8H11N. The van der Waals surface area contributed by atoms with E-state index in [0.717, 1.165) is 5.57 Å². The summed E-state index contributed by atoms with van der Waals surface area (Å²) >= 11 is 0. The van der Waals surface area contributed by atoms with Gasteiger partial charge >= 0.3 is 0 Å². The molecule has 0 N–H and O–H groups in total. The average Bonchev–Trinajstić information content (AvgIpc) is 1.89. The molecule has 0 aliphatic rings. The van der Waals surface area contributed by atoms with Gasteiger partial charge in [0.2, 0.25) is 0 Å². The third-order valence-electron chi connectivity index (χ3n) is 0.851. The van der Waals surface area contributed by atoms with Crippen LogP contribution in [-0.2, 0) is 0 Å². The molecule has 0 atom stereocenters. The summed E-state index contributed by atoms with van der Waals surface area (Å²) < 4.78 is 0. The molecule has 0 fully saturated rings. The van der Waals surface area contributed by atoms with E-state index in [4.69, 9.17) is 0 Å². The minimum Gasteiger partial charge on any atom is -0.265 e. The van der Waals surface area contributed by atoms with Crippen molar-refractivity contribution in [3.05, 3.63) is 37.1 Å². The molecule has 0 aromatic rings. The van der Waals surface area contributed by atoms with Crippen LogP contribution in [0.3, 0.4) is 0 Å². The Balaban J connectivity index is 3.81. The molecule has 48 valence electrons. The first kappa shape index (κ1) is 7.89. The molecule has 0 bridgehead atoms. The number of rotatable bonds is 3. The quantitative estimate of drug-likeness (QED) is 0.401. The van der Waals surface area contributed by atoms with E-state index in [0.29, 0.717) is 0 Å². The minimum absolute atomic E-state index is 1.10. The Kier molecular flexibility index (Phi) is 4.41. The van der Waals surface area contributed by atoms with Crippen LogP contribution in [-0.4, -0.2) is 6.21 Å². The van der Waals surface area contributed by atoms with Crippen LogP contribution in [0.2, 0.25) is 0 Å². The van der Waals surface area contributed by atoms with Crippen LogP contribution in [0.4, 0.5) is 0 Å². The van der Waals surface area contributed by atoms with Crippen molar-refractivity contribution in [2.45, 2.75) is 6.92 Å². The first-order valence-electron chi connectivity index (χ1n) is 2.74. The van der Waals surface area contributed by atoms with Crippen molar-refractivity contribution in [1.29, 1.82) is 0 Å². The minimum atomic E-state index is 1.10. The van der Waals surface area contributed by atoms with Crippen molar-refractivity contribution in [1.82, 2.24) is 0 Å². The lowest BCUT2D eigenvalue weighted by molar-refractivity contribution is 1.54. The molecule has 0 amide bonds. The second-order valence-corrected chi connectivity index (χ2v) is 1.60. The first-order valence-corrected chi connectivity index (χ1v) is 2.74. The molecule has 0 unspecified atom stereocenters. The Morgan fingerprint density at radius 3 is 2.56 bits per heavy atom. The van der Waals surface area contributed by atoms with Crippen LogP contribution in [0.1, 0.15) is 6.92 Å². The van der Waals surface area contributed by atoms with Crippen LogP contribution in [0.5, 0.6) is 0 Å². The molecule has 0 aromatic carbocycles. The van der Waals surface area contributed by atoms with Gasteiger partial charge in [-0.05, 0) is 13.0 Å². The average molecular weight is 121 g/mol. The molecule has 0 saturated carbocycles.